The molecule has 0 aliphatic carbocycles. The van der Waals surface area contributed by atoms with E-state index >= 15 is 0 Å². The number of nitrogens with one attached hydrogen (secondary N) is 1. The molecule has 0 bridgehead atoms. The molecule has 2 aromatic carbocycles. The standard InChI is InChI=1S/C17H20FN/c1-13-7-9-15(10-8-13)12-19-14(2)11-16-5-3-4-6-17(16)18/h3-10,14,19H,11-12H2,1-2H3. The van der Waals surface area contributed by atoms with Crippen molar-refractivity contribution in [3.63, 3.8) is 0 Å². The summed E-state index contributed by atoms with van der Waals surface area (Å²) in [6.07, 6.45) is 0.707. The predicted molar refractivity (Wildman–Crippen MR) is 77.6 cm³/mol. The number of hydrogen-bond donors (Lipinski definition) is 1. The number of rotatable bonds is 5. The Bertz CT molecular complexity index is 519. The van der Waals surface area contributed by atoms with Crippen molar-refractivity contribution in [2.45, 2.75) is 32.9 Å². The van der Waals surface area contributed by atoms with Crippen LogP contribution in [-0.4, -0.2) is 6.04 Å². The lowest BCUT2D eigenvalue weighted by atomic mass is 10.1. The Labute approximate surface area is 114 Å². The molecule has 2 aromatic rings. The molecule has 0 saturated heterocycles. The first kappa shape index (κ1) is 13.8. The quantitative estimate of drug-likeness (QED) is 0.857. The lowest BCUT2D eigenvalue weighted by molar-refractivity contribution is 0.526. The molecule has 2 heteroatoms. The lowest BCUT2D eigenvalue weighted by Crippen LogP contribution is -2.27. The molecule has 0 amide bonds. The maximum Gasteiger partial charge on any atom is 0.126 e. The van der Waals surface area contributed by atoms with Crippen LogP contribution in [0.15, 0.2) is 48.5 Å². The topological polar surface area (TPSA) is 12.0 Å². The molecule has 0 radical (unpaired) electrons. The summed E-state index contributed by atoms with van der Waals surface area (Å²) >= 11 is 0. The van der Waals surface area contributed by atoms with Gasteiger partial charge >= 0.3 is 0 Å². The Morgan fingerprint density at radius 2 is 1.74 bits per heavy atom. The average molecular weight is 257 g/mol. The summed E-state index contributed by atoms with van der Waals surface area (Å²) in [6.45, 7) is 4.98. The summed E-state index contributed by atoms with van der Waals surface area (Å²) in [4.78, 5) is 0. The van der Waals surface area contributed by atoms with E-state index in [0.29, 0.717) is 6.42 Å². The van der Waals surface area contributed by atoms with Gasteiger partial charge in [-0.2, -0.15) is 0 Å². The van der Waals surface area contributed by atoms with Crippen molar-refractivity contribution in [1.29, 1.82) is 0 Å². The zero-order valence-corrected chi connectivity index (χ0v) is 11.5. The summed E-state index contributed by atoms with van der Waals surface area (Å²) in [5.41, 5.74) is 3.29. The molecular formula is C17H20FN. The van der Waals surface area contributed by atoms with E-state index in [9.17, 15) is 4.39 Å². The van der Waals surface area contributed by atoms with Gasteiger partial charge in [0.1, 0.15) is 5.82 Å². The fourth-order valence-electron chi connectivity index (χ4n) is 2.06. The summed E-state index contributed by atoms with van der Waals surface area (Å²) < 4.78 is 13.5. The van der Waals surface area contributed by atoms with Crippen LogP contribution >= 0.6 is 0 Å². The molecule has 0 fully saturated rings. The molecule has 0 spiro atoms. The van der Waals surface area contributed by atoms with E-state index in [1.807, 2.05) is 12.1 Å². The van der Waals surface area contributed by atoms with Crippen LogP contribution in [0, 0.1) is 12.7 Å². The van der Waals surface area contributed by atoms with Gasteiger partial charge in [0.25, 0.3) is 0 Å². The van der Waals surface area contributed by atoms with Crippen molar-refractivity contribution in [3.05, 3.63) is 71.0 Å². The van der Waals surface area contributed by atoms with E-state index in [1.54, 1.807) is 6.07 Å². The van der Waals surface area contributed by atoms with Crippen molar-refractivity contribution in [2.24, 2.45) is 0 Å². The van der Waals surface area contributed by atoms with Crippen molar-refractivity contribution in [3.8, 4) is 0 Å². The molecule has 0 aliphatic heterocycles. The van der Waals surface area contributed by atoms with Crippen LogP contribution in [-0.2, 0) is 13.0 Å². The second-order valence-electron chi connectivity index (χ2n) is 5.06. The van der Waals surface area contributed by atoms with Crippen LogP contribution in [0.4, 0.5) is 4.39 Å². The van der Waals surface area contributed by atoms with Gasteiger partial charge in [-0.15, -0.1) is 0 Å². The van der Waals surface area contributed by atoms with Crippen molar-refractivity contribution >= 4 is 0 Å². The van der Waals surface area contributed by atoms with Crippen LogP contribution in [0.3, 0.4) is 0 Å². The SMILES string of the molecule is Cc1ccc(CNC(C)Cc2ccccc2F)cc1. The highest BCUT2D eigenvalue weighted by molar-refractivity contribution is 5.21. The Balaban J connectivity index is 1.86. The summed E-state index contributed by atoms with van der Waals surface area (Å²) in [5.74, 6) is -0.119. The molecule has 0 saturated carbocycles. The van der Waals surface area contributed by atoms with Gasteiger partial charge in [-0.1, -0.05) is 48.0 Å². The molecule has 1 atom stereocenters. The van der Waals surface area contributed by atoms with Crippen molar-refractivity contribution in [1.82, 2.24) is 5.32 Å². The first-order valence-electron chi connectivity index (χ1n) is 6.67. The Morgan fingerprint density at radius 3 is 2.42 bits per heavy atom. The van der Waals surface area contributed by atoms with E-state index in [4.69, 9.17) is 0 Å². The Hall–Kier alpha value is -1.67. The van der Waals surface area contributed by atoms with Gasteiger partial charge in [0.05, 0.1) is 0 Å². The monoisotopic (exact) mass is 257 g/mol. The van der Waals surface area contributed by atoms with Crippen LogP contribution in [0.5, 0.6) is 0 Å². The first-order valence-corrected chi connectivity index (χ1v) is 6.67. The van der Waals surface area contributed by atoms with Crippen LogP contribution < -0.4 is 5.32 Å². The fraction of sp³-hybridized carbons (Fsp3) is 0.294. The van der Waals surface area contributed by atoms with Crippen LogP contribution in [0.2, 0.25) is 0 Å². The number of benzene rings is 2. The second kappa shape index (κ2) is 6.48. The Morgan fingerprint density at radius 1 is 1.05 bits per heavy atom. The molecule has 1 N–H and O–H groups in total. The van der Waals surface area contributed by atoms with E-state index in [2.05, 4.69) is 43.4 Å². The summed E-state index contributed by atoms with van der Waals surface area (Å²) in [5, 5.41) is 3.43. The van der Waals surface area contributed by atoms with Crippen molar-refractivity contribution in [2.75, 3.05) is 0 Å². The molecular weight excluding hydrogens is 237 g/mol. The van der Waals surface area contributed by atoms with Gasteiger partial charge in [0.2, 0.25) is 0 Å². The summed E-state index contributed by atoms with van der Waals surface area (Å²) in [6, 6.07) is 15.7. The molecule has 19 heavy (non-hydrogen) atoms. The fourth-order valence-corrected chi connectivity index (χ4v) is 2.06. The van der Waals surface area contributed by atoms with Crippen LogP contribution in [0.1, 0.15) is 23.6 Å². The van der Waals surface area contributed by atoms with Crippen molar-refractivity contribution < 1.29 is 4.39 Å². The maximum atomic E-state index is 13.5. The van der Waals surface area contributed by atoms with E-state index < -0.39 is 0 Å². The van der Waals surface area contributed by atoms with Gasteiger partial charge in [0.15, 0.2) is 0 Å². The minimum Gasteiger partial charge on any atom is -0.310 e. The van der Waals surface area contributed by atoms with E-state index in [0.717, 1.165) is 12.1 Å². The molecule has 0 aliphatic rings. The Kier molecular flexibility index (Phi) is 4.69. The van der Waals surface area contributed by atoms with Gasteiger partial charge in [0, 0.05) is 12.6 Å². The zero-order valence-electron chi connectivity index (χ0n) is 11.5. The van der Waals surface area contributed by atoms with E-state index in [-0.39, 0.29) is 11.9 Å². The predicted octanol–water partition coefficient (Wildman–Crippen LogP) is 3.85. The third-order valence-electron chi connectivity index (χ3n) is 3.26. The number of halogens is 1. The largest absolute Gasteiger partial charge is 0.310 e. The second-order valence-corrected chi connectivity index (χ2v) is 5.06. The van der Waals surface area contributed by atoms with Gasteiger partial charge < -0.3 is 5.32 Å². The van der Waals surface area contributed by atoms with E-state index in [1.165, 1.54) is 17.2 Å². The highest BCUT2D eigenvalue weighted by Gasteiger charge is 2.06. The molecule has 100 valence electrons. The normalized spacial score (nSPS) is 12.4. The highest BCUT2D eigenvalue weighted by Crippen LogP contribution is 2.09. The molecule has 0 aromatic heterocycles. The summed E-state index contributed by atoms with van der Waals surface area (Å²) in [7, 11) is 0. The van der Waals surface area contributed by atoms with Gasteiger partial charge in [-0.05, 0) is 37.5 Å². The number of aryl methyl sites for hydroxylation is 1. The smallest absolute Gasteiger partial charge is 0.126 e. The minimum atomic E-state index is -0.119. The first-order chi connectivity index (χ1) is 9.15. The average Bonchev–Trinajstić information content (AvgIpc) is 2.41. The van der Waals surface area contributed by atoms with Gasteiger partial charge in [-0.3, -0.25) is 0 Å². The molecule has 1 unspecified atom stereocenters. The maximum absolute atomic E-state index is 13.5. The van der Waals surface area contributed by atoms with Crippen LogP contribution in [0.25, 0.3) is 0 Å². The molecule has 1 nitrogen and oxygen atoms in total. The zero-order chi connectivity index (χ0) is 13.7. The molecule has 0 heterocycles. The number of hydrogen-bond acceptors (Lipinski definition) is 1. The third kappa shape index (κ3) is 4.18. The minimum absolute atomic E-state index is 0.119. The molecule has 2 rings (SSSR count). The van der Waals surface area contributed by atoms with Gasteiger partial charge in [-0.25, -0.2) is 4.39 Å². The third-order valence-corrected chi connectivity index (χ3v) is 3.26. The highest BCUT2D eigenvalue weighted by atomic mass is 19.1. The lowest BCUT2D eigenvalue weighted by Gasteiger charge is -2.14.